The molecule has 1 atom stereocenters. The molecule has 0 radical (unpaired) electrons. The third-order valence-electron chi connectivity index (χ3n) is 3.57. The van der Waals surface area contributed by atoms with Crippen molar-refractivity contribution in [2.24, 2.45) is 0 Å². The fourth-order valence-electron chi connectivity index (χ4n) is 2.41. The first-order valence-electron chi connectivity index (χ1n) is 6.86. The number of hydrogen-bond donors (Lipinski definition) is 0. The number of nitrogens with zero attached hydrogens (tertiary/aromatic N) is 2. The Morgan fingerprint density at radius 3 is 2.62 bits per heavy atom. The molecule has 1 aromatic heterocycles. The Balaban J connectivity index is 1.80. The van der Waals surface area contributed by atoms with Crippen LogP contribution in [0.3, 0.4) is 0 Å². The molecule has 5 heteroatoms. The predicted molar refractivity (Wildman–Crippen MR) is 90.8 cm³/mol. The molecule has 1 unspecified atom stereocenters. The minimum absolute atomic E-state index is 0.135. The van der Waals surface area contributed by atoms with Gasteiger partial charge >= 0.3 is 0 Å². The third kappa shape index (κ3) is 3.09. The van der Waals surface area contributed by atoms with Crippen molar-refractivity contribution in [2.45, 2.75) is 11.9 Å². The maximum absolute atomic E-state index is 12.2. The molecule has 2 heterocycles. The van der Waals surface area contributed by atoms with Crippen LogP contribution in [0, 0.1) is 0 Å². The molecule has 1 aliphatic rings. The number of amides is 1. The second kappa shape index (κ2) is 6.12. The number of rotatable bonds is 4. The Bertz CT molecular complexity index is 608. The van der Waals surface area contributed by atoms with Crippen LogP contribution in [0.5, 0.6) is 0 Å². The fourth-order valence-corrected chi connectivity index (χ4v) is 4.30. The zero-order valence-electron chi connectivity index (χ0n) is 12.2. The van der Waals surface area contributed by atoms with Gasteiger partial charge in [0.2, 0.25) is 5.91 Å². The summed E-state index contributed by atoms with van der Waals surface area (Å²) in [5.41, 5.74) is 2.38. The fraction of sp³-hybridized carbons (Fsp3) is 0.312. The monoisotopic (exact) mass is 318 g/mol. The standard InChI is InChI=1S/C16H18N2OS2/c1-17(2)13-7-5-12(6-8-13)16-18(15(19)11-21-16)10-14-4-3-9-20-14/h3-9,16H,10-11H2,1-2H3. The Hall–Kier alpha value is -1.46. The van der Waals surface area contributed by atoms with Crippen LogP contribution >= 0.6 is 23.1 Å². The van der Waals surface area contributed by atoms with Gasteiger partial charge in [0.05, 0.1) is 12.3 Å². The summed E-state index contributed by atoms with van der Waals surface area (Å²) in [6, 6.07) is 12.6. The molecule has 0 aliphatic carbocycles. The molecule has 3 rings (SSSR count). The molecule has 0 spiro atoms. The lowest BCUT2D eigenvalue weighted by molar-refractivity contribution is -0.128. The number of anilines is 1. The van der Waals surface area contributed by atoms with E-state index in [-0.39, 0.29) is 11.3 Å². The van der Waals surface area contributed by atoms with Crippen LogP contribution in [0.15, 0.2) is 41.8 Å². The van der Waals surface area contributed by atoms with Gasteiger partial charge in [-0.15, -0.1) is 23.1 Å². The largest absolute Gasteiger partial charge is 0.378 e. The second-order valence-corrected chi connectivity index (χ2v) is 7.35. The molecule has 2 aromatic rings. The highest BCUT2D eigenvalue weighted by molar-refractivity contribution is 8.00. The lowest BCUT2D eigenvalue weighted by Gasteiger charge is -2.24. The van der Waals surface area contributed by atoms with Gasteiger partial charge in [0, 0.05) is 24.7 Å². The molecule has 0 bridgehead atoms. The van der Waals surface area contributed by atoms with E-state index in [2.05, 4.69) is 40.6 Å². The van der Waals surface area contributed by atoms with Gasteiger partial charge in [-0.3, -0.25) is 4.79 Å². The number of carbonyl (C=O) groups is 1. The van der Waals surface area contributed by atoms with Gasteiger partial charge in [-0.25, -0.2) is 0 Å². The molecule has 1 fully saturated rings. The van der Waals surface area contributed by atoms with E-state index in [4.69, 9.17) is 0 Å². The summed E-state index contributed by atoms with van der Waals surface area (Å²) in [6.45, 7) is 0.712. The van der Waals surface area contributed by atoms with Crippen LogP contribution in [0.2, 0.25) is 0 Å². The minimum atomic E-state index is 0.135. The molecule has 0 saturated carbocycles. The van der Waals surface area contributed by atoms with E-state index in [1.165, 1.54) is 16.1 Å². The summed E-state index contributed by atoms with van der Waals surface area (Å²) in [4.78, 5) is 17.5. The Morgan fingerprint density at radius 2 is 2.00 bits per heavy atom. The maximum atomic E-state index is 12.2. The zero-order chi connectivity index (χ0) is 14.8. The van der Waals surface area contributed by atoms with Gasteiger partial charge in [-0.05, 0) is 29.1 Å². The molecule has 1 saturated heterocycles. The van der Waals surface area contributed by atoms with Crippen molar-refractivity contribution in [3.05, 3.63) is 52.2 Å². The van der Waals surface area contributed by atoms with E-state index in [0.717, 1.165) is 0 Å². The first-order chi connectivity index (χ1) is 10.1. The molecule has 1 aromatic carbocycles. The van der Waals surface area contributed by atoms with E-state index in [1.54, 1.807) is 23.1 Å². The van der Waals surface area contributed by atoms with Gasteiger partial charge in [-0.2, -0.15) is 0 Å². The first kappa shape index (κ1) is 14.5. The SMILES string of the molecule is CN(C)c1ccc(C2SCC(=O)N2Cc2cccs2)cc1. The summed E-state index contributed by atoms with van der Waals surface area (Å²) in [6.07, 6.45) is 0. The minimum Gasteiger partial charge on any atom is -0.378 e. The molecular weight excluding hydrogens is 300 g/mol. The van der Waals surface area contributed by atoms with Crippen molar-refractivity contribution < 1.29 is 4.79 Å². The van der Waals surface area contributed by atoms with E-state index in [1.807, 2.05) is 25.1 Å². The molecule has 0 N–H and O–H groups in total. The predicted octanol–water partition coefficient (Wildman–Crippen LogP) is 3.59. The number of carbonyl (C=O) groups excluding carboxylic acids is 1. The van der Waals surface area contributed by atoms with Crippen LogP contribution in [0.25, 0.3) is 0 Å². The van der Waals surface area contributed by atoms with Crippen molar-refractivity contribution in [1.82, 2.24) is 4.90 Å². The van der Waals surface area contributed by atoms with Gasteiger partial charge in [0.1, 0.15) is 5.37 Å². The number of benzene rings is 1. The molecule has 110 valence electrons. The maximum Gasteiger partial charge on any atom is 0.234 e. The van der Waals surface area contributed by atoms with Crippen LogP contribution in [-0.2, 0) is 11.3 Å². The number of thiophene rings is 1. The van der Waals surface area contributed by atoms with Crippen molar-refractivity contribution in [3.8, 4) is 0 Å². The van der Waals surface area contributed by atoms with E-state index in [0.29, 0.717) is 12.3 Å². The van der Waals surface area contributed by atoms with Gasteiger partial charge < -0.3 is 9.80 Å². The summed E-state index contributed by atoms with van der Waals surface area (Å²) >= 11 is 3.42. The van der Waals surface area contributed by atoms with Crippen LogP contribution in [0.4, 0.5) is 5.69 Å². The molecule has 1 amide bonds. The summed E-state index contributed by atoms with van der Waals surface area (Å²) < 4.78 is 0. The highest BCUT2D eigenvalue weighted by Crippen LogP contribution is 2.40. The smallest absolute Gasteiger partial charge is 0.234 e. The first-order valence-corrected chi connectivity index (χ1v) is 8.79. The molecule has 1 aliphatic heterocycles. The third-order valence-corrected chi connectivity index (χ3v) is 5.69. The van der Waals surface area contributed by atoms with Gasteiger partial charge in [0.25, 0.3) is 0 Å². The lowest BCUT2D eigenvalue weighted by Crippen LogP contribution is -2.27. The van der Waals surface area contributed by atoms with Crippen molar-refractivity contribution in [3.63, 3.8) is 0 Å². The molecule has 21 heavy (non-hydrogen) atoms. The zero-order valence-corrected chi connectivity index (χ0v) is 13.8. The van der Waals surface area contributed by atoms with Crippen molar-refractivity contribution in [2.75, 3.05) is 24.7 Å². The normalized spacial score (nSPS) is 18.3. The highest BCUT2D eigenvalue weighted by Gasteiger charge is 2.32. The summed E-state index contributed by atoms with van der Waals surface area (Å²) in [5.74, 6) is 0.806. The average Bonchev–Trinajstić information content (AvgIpc) is 3.11. The van der Waals surface area contributed by atoms with E-state index < -0.39 is 0 Å². The van der Waals surface area contributed by atoms with Crippen molar-refractivity contribution >= 4 is 34.7 Å². The quantitative estimate of drug-likeness (QED) is 0.861. The van der Waals surface area contributed by atoms with E-state index >= 15 is 0 Å². The topological polar surface area (TPSA) is 23.6 Å². The molecule has 3 nitrogen and oxygen atoms in total. The number of hydrogen-bond acceptors (Lipinski definition) is 4. The Kier molecular flexibility index (Phi) is 4.22. The Morgan fingerprint density at radius 1 is 1.24 bits per heavy atom. The van der Waals surface area contributed by atoms with Gasteiger partial charge in [0.15, 0.2) is 0 Å². The number of thioether (sulfide) groups is 1. The second-order valence-electron chi connectivity index (χ2n) is 5.25. The van der Waals surface area contributed by atoms with E-state index in [9.17, 15) is 4.79 Å². The molecular formula is C16H18N2OS2. The van der Waals surface area contributed by atoms with Gasteiger partial charge in [-0.1, -0.05) is 18.2 Å². The van der Waals surface area contributed by atoms with Crippen LogP contribution in [-0.4, -0.2) is 30.7 Å². The van der Waals surface area contributed by atoms with Crippen LogP contribution < -0.4 is 4.90 Å². The summed E-state index contributed by atoms with van der Waals surface area (Å²) in [5, 5.41) is 2.19. The highest BCUT2D eigenvalue weighted by atomic mass is 32.2. The summed E-state index contributed by atoms with van der Waals surface area (Å²) in [7, 11) is 4.07. The van der Waals surface area contributed by atoms with Crippen LogP contribution in [0.1, 0.15) is 15.8 Å². The lowest BCUT2D eigenvalue weighted by atomic mass is 10.2. The Labute approximate surface area is 133 Å². The van der Waals surface area contributed by atoms with Crippen molar-refractivity contribution in [1.29, 1.82) is 0 Å². The average molecular weight is 318 g/mol.